The normalized spacial score (nSPS) is 10.6. The van der Waals surface area contributed by atoms with Gasteiger partial charge in [0, 0.05) is 37.7 Å². The Balaban J connectivity index is 1.83. The molecule has 0 radical (unpaired) electrons. The maximum atomic E-state index is 3.48. The number of rotatable bonds is 5. The molecule has 0 aliphatic carbocycles. The lowest BCUT2D eigenvalue weighted by Crippen LogP contribution is -2.12. The summed E-state index contributed by atoms with van der Waals surface area (Å²) in [4.78, 5) is 3.46. The van der Waals surface area contributed by atoms with Crippen LogP contribution in [0.3, 0.4) is 0 Å². The van der Waals surface area contributed by atoms with E-state index in [0.29, 0.717) is 0 Å². The monoisotopic (exact) mass is 324 g/mol. The summed E-state index contributed by atoms with van der Waals surface area (Å²) in [6, 6.07) is 12.9. The summed E-state index contributed by atoms with van der Waals surface area (Å²) in [6.07, 6.45) is 0. The summed E-state index contributed by atoms with van der Waals surface area (Å²) in [5.74, 6) is 0. The fraction of sp³-hybridized carbons (Fsp3) is 0.286. The average molecular weight is 325 g/mol. The van der Waals surface area contributed by atoms with Gasteiger partial charge in [-0.25, -0.2) is 0 Å². The maximum Gasteiger partial charge on any atom is 0.0701 e. The largest absolute Gasteiger partial charge is 0.378 e. The van der Waals surface area contributed by atoms with Crippen LogP contribution in [0.15, 0.2) is 40.2 Å². The van der Waals surface area contributed by atoms with Gasteiger partial charge in [-0.3, -0.25) is 0 Å². The van der Waals surface area contributed by atoms with Crippen molar-refractivity contribution in [1.29, 1.82) is 0 Å². The highest BCUT2D eigenvalue weighted by Crippen LogP contribution is 2.21. The van der Waals surface area contributed by atoms with E-state index in [1.165, 1.54) is 19.9 Å². The van der Waals surface area contributed by atoms with Crippen molar-refractivity contribution in [1.82, 2.24) is 5.32 Å². The summed E-state index contributed by atoms with van der Waals surface area (Å²) in [7, 11) is 4.11. The molecule has 0 saturated heterocycles. The van der Waals surface area contributed by atoms with Gasteiger partial charge in [0.05, 0.1) is 3.79 Å². The van der Waals surface area contributed by atoms with Crippen LogP contribution in [-0.2, 0) is 13.1 Å². The number of halogens is 1. The summed E-state index contributed by atoms with van der Waals surface area (Å²) in [5, 5.41) is 3.46. The Morgan fingerprint density at radius 1 is 1.06 bits per heavy atom. The van der Waals surface area contributed by atoms with E-state index < -0.39 is 0 Å². The van der Waals surface area contributed by atoms with Crippen LogP contribution in [0.2, 0.25) is 0 Å². The van der Waals surface area contributed by atoms with Gasteiger partial charge in [-0.15, -0.1) is 11.3 Å². The zero-order valence-electron chi connectivity index (χ0n) is 10.6. The van der Waals surface area contributed by atoms with Crippen LogP contribution in [0.1, 0.15) is 10.4 Å². The second-order valence-corrected chi connectivity index (χ2v) is 6.92. The van der Waals surface area contributed by atoms with Gasteiger partial charge in [0.25, 0.3) is 0 Å². The highest BCUT2D eigenvalue weighted by Gasteiger charge is 1.99. The van der Waals surface area contributed by atoms with Crippen LogP contribution < -0.4 is 10.2 Å². The third-order valence-corrected chi connectivity index (χ3v) is 4.33. The highest BCUT2D eigenvalue weighted by molar-refractivity contribution is 9.11. The van der Waals surface area contributed by atoms with Crippen LogP contribution >= 0.6 is 27.3 Å². The van der Waals surface area contributed by atoms with Crippen LogP contribution in [0.4, 0.5) is 5.69 Å². The first-order valence-corrected chi connectivity index (χ1v) is 7.47. The molecule has 2 aromatic rings. The van der Waals surface area contributed by atoms with E-state index in [2.05, 4.69) is 76.6 Å². The number of hydrogen-bond donors (Lipinski definition) is 1. The molecule has 2 rings (SSSR count). The van der Waals surface area contributed by atoms with Gasteiger partial charge in [-0.05, 0) is 45.8 Å². The lowest BCUT2D eigenvalue weighted by atomic mass is 10.2. The number of thiophene rings is 1. The molecule has 1 aromatic heterocycles. The Labute approximate surface area is 121 Å². The van der Waals surface area contributed by atoms with Crippen molar-refractivity contribution in [2.24, 2.45) is 0 Å². The summed E-state index contributed by atoms with van der Waals surface area (Å²) in [6.45, 7) is 1.83. The van der Waals surface area contributed by atoms with Crippen molar-refractivity contribution < 1.29 is 0 Å². The Morgan fingerprint density at radius 3 is 2.33 bits per heavy atom. The Bertz CT molecular complexity index is 491. The minimum atomic E-state index is 0.906. The molecule has 0 bridgehead atoms. The van der Waals surface area contributed by atoms with Gasteiger partial charge in [0.15, 0.2) is 0 Å². The van der Waals surface area contributed by atoms with Crippen molar-refractivity contribution >= 4 is 33.0 Å². The maximum absolute atomic E-state index is 3.48. The van der Waals surface area contributed by atoms with Crippen molar-refractivity contribution in [2.45, 2.75) is 13.1 Å². The van der Waals surface area contributed by atoms with E-state index in [9.17, 15) is 0 Å². The van der Waals surface area contributed by atoms with Crippen LogP contribution in [0.5, 0.6) is 0 Å². The molecule has 1 heterocycles. The van der Waals surface area contributed by atoms with Gasteiger partial charge in [-0.1, -0.05) is 12.1 Å². The van der Waals surface area contributed by atoms with Gasteiger partial charge in [0.1, 0.15) is 0 Å². The predicted octanol–water partition coefficient (Wildman–Crippen LogP) is 3.87. The first kappa shape index (κ1) is 13.6. The van der Waals surface area contributed by atoms with E-state index in [1.807, 2.05) is 0 Å². The molecular weight excluding hydrogens is 308 g/mol. The molecule has 0 aliphatic heterocycles. The number of nitrogens with one attached hydrogen (secondary N) is 1. The fourth-order valence-electron chi connectivity index (χ4n) is 1.69. The van der Waals surface area contributed by atoms with Crippen LogP contribution in [-0.4, -0.2) is 14.1 Å². The minimum Gasteiger partial charge on any atom is -0.378 e. The molecule has 0 spiro atoms. The number of hydrogen-bond acceptors (Lipinski definition) is 3. The zero-order valence-corrected chi connectivity index (χ0v) is 13.0. The first-order chi connectivity index (χ1) is 8.65. The first-order valence-electron chi connectivity index (χ1n) is 5.86. The molecule has 2 nitrogen and oxygen atoms in total. The van der Waals surface area contributed by atoms with E-state index in [1.54, 1.807) is 11.3 Å². The molecule has 0 atom stereocenters. The summed E-state index contributed by atoms with van der Waals surface area (Å²) < 4.78 is 1.19. The van der Waals surface area contributed by atoms with Gasteiger partial charge < -0.3 is 10.2 Å². The molecule has 0 amide bonds. The molecule has 0 unspecified atom stereocenters. The van der Waals surface area contributed by atoms with Crippen molar-refractivity contribution in [3.63, 3.8) is 0 Å². The SMILES string of the molecule is CN(C)c1ccc(CNCc2ccc(Br)s2)cc1. The summed E-state index contributed by atoms with van der Waals surface area (Å²) >= 11 is 5.25. The number of nitrogens with zero attached hydrogens (tertiary/aromatic N) is 1. The molecule has 0 saturated carbocycles. The van der Waals surface area contributed by atoms with E-state index in [4.69, 9.17) is 0 Å². The third kappa shape index (κ3) is 3.83. The van der Waals surface area contributed by atoms with E-state index in [0.717, 1.165) is 13.1 Å². The van der Waals surface area contributed by atoms with Gasteiger partial charge in [-0.2, -0.15) is 0 Å². The van der Waals surface area contributed by atoms with Crippen molar-refractivity contribution in [2.75, 3.05) is 19.0 Å². The third-order valence-electron chi connectivity index (χ3n) is 2.71. The molecule has 1 aromatic carbocycles. The molecule has 0 fully saturated rings. The lowest BCUT2D eigenvalue weighted by molar-refractivity contribution is 0.701. The molecule has 18 heavy (non-hydrogen) atoms. The van der Waals surface area contributed by atoms with E-state index in [-0.39, 0.29) is 0 Å². The average Bonchev–Trinajstić information content (AvgIpc) is 2.76. The lowest BCUT2D eigenvalue weighted by Gasteiger charge is -2.12. The minimum absolute atomic E-state index is 0.906. The zero-order chi connectivity index (χ0) is 13.0. The second kappa shape index (κ2) is 6.36. The van der Waals surface area contributed by atoms with Crippen LogP contribution in [0.25, 0.3) is 0 Å². The topological polar surface area (TPSA) is 15.3 Å². The van der Waals surface area contributed by atoms with Gasteiger partial charge >= 0.3 is 0 Å². The molecule has 96 valence electrons. The standard InChI is InChI=1S/C14H17BrN2S/c1-17(2)12-5-3-11(4-6-12)9-16-10-13-7-8-14(15)18-13/h3-8,16H,9-10H2,1-2H3. The van der Waals surface area contributed by atoms with Crippen molar-refractivity contribution in [3.05, 3.63) is 50.6 Å². The Kier molecular flexibility index (Phi) is 4.80. The Hall–Kier alpha value is -0.840. The van der Waals surface area contributed by atoms with Gasteiger partial charge in [0.2, 0.25) is 0 Å². The molecule has 0 aliphatic rings. The Morgan fingerprint density at radius 2 is 1.78 bits per heavy atom. The second-order valence-electron chi connectivity index (χ2n) is 4.37. The highest BCUT2D eigenvalue weighted by atomic mass is 79.9. The summed E-state index contributed by atoms with van der Waals surface area (Å²) in [5.41, 5.74) is 2.55. The molecule has 4 heteroatoms. The van der Waals surface area contributed by atoms with Crippen LogP contribution in [0, 0.1) is 0 Å². The number of benzene rings is 1. The molecular formula is C14H17BrN2S. The van der Waals surface area contributed by atoms with E-state index >= 15 is 0 Å². The predicted molar refractivity (Wildman–Crippen MR) is 83.3 cm³/mol. The fourth-order valence-corrected chi connectivity index (χ4v) is 3.14. The smallest absolute Gasteiger partial charge is 0.0701 e. The molecule has 1 N–H and O–H groups in total. The number of anilines is 1. The quantitative estimate of drug-likeness (QED) is 0.898. The van der Waals surface area contributed by atoms with Crippen molar-refractivity contribution in [3.8, 4) is 0 Å².